The van der Waals surface area contributed by atoms with Gasteiger partial charge in [-0.3, -0.25) is 15.6 Å². The number of rotatable bonds is 2. The lowest BCUT2D eigenvalue weighted by atomic mass is 10.0. The van der Waals surface area contributed by atoms with Gasteiger partial charge in [-0.2, -0.15) is 0 Å². The summed E-state index contributed by atoms with van der Waals surface area (Å²) in [6, 6.07) is 0. The lowest BCUT2D eigenvalue weighted by Crippen LogP contribution is -2.26. The highest BCUT2D eigenvalue weighted by Crippen LogP contribution is 2.28. The predicted molar refractivity (Wildman–Crippen MR) is 56.2 cm³/mol. The van der Waals surface area contributed by atoms with Gasteiger partial charge in [0.05, 0.1) is 5.69 Å². The monoisotopic (exact) mass is 211 g/mol. The van der Waals surface area contributed by atoms with E-state index in [0.29, 0.717) is 0 Å². The van der Waals surface area contributed by atoms with Gasteiger partial charge in [-0.25, -0.2) is 4.98 Å². The van der Waals surface area contributed by atoms with Gasteiger partial charge in [-0.1, -0.05) is 0 Å². The van der Waals surface area contributed by atoms with E-state index in [1.54, 1.807) is 11.3 Å². The molecule has 4 nitrogen and oxygen atoms in total. The number of aromatic nitrogens is 1. The Hall–Kier alpha value is -1.10. The Balaban J connectivity index is 2.04. The molecule has 0 radical (unpaired) electrons. The van der Waals surface area contributed by atoms with E-state index in [-0.39, 0.29) is 5.91 Å². The zero-order valence-corrected chi connectivity index (χ0v) is 8.91. The number of thiazole rings is 1. The van der Waals surface area contributed by atoms with Gasteiger partial charge in [-0.05, 0) is 25.7 Å². The number of hydrazine groups is 1. The van der Waals surface area contributed by atoms with Crippen molar-refractivity contribution in [1.29, 1.82) is 0 Å². The van der Waals surface area contributed by atoms with Crippen LogP contribution in [0.3, 0.4) is 0 Å². The molecule has 1 aromatic rings. The van der Waals surface area contributed by atoms with E-state index in [0.717, 1.165) is 18.0 Å². The fourth-order valence-corrected chi connectivity index (χ4v) is 2.55. The number of nitrogens with zero attached hydrogens (tertiary/aromatic N) is 1. The van der Waals surface area contributed by atoms with Gasteiger partial charge in [0, 0.05) is 11.8 Å². The Bertz CT molecular complexity index is 324. The molecule has 5 heteroatoms. The summed E-state index contributed by atoms with van der Waals surface area (Å²) >= 11 is 1.64. The number of hydrogen-bond donors (Lipinski definition) is 2. The molecular weight excluding hydrogens is 198 g/mol. The molecule has 1 aromatic heterocycles. The Morgan fingerprint density at radius 1 is 1.43 bits per heavy atom. The summed E-state index contributed by atoms with van der Waals surface area (Å²) in [6.07, 6.45) is 4.70. The van der Waals surface area contributed by atoms with Crippen LogP contribution in [0.5, 0.6) is 0 Å². The minimum Gasteiger partial charge on any atom is -0.274 e. The number of amides is 1. The molecule has 2 N–H and O–H groups in total. The van der Waals surface area contributed by atoms with Crippen LogP contribution < -0.4 is 10.9 Å². The summed E-state index contributed by atoms with van der Waals surface area (Å²) in [4.78, 5) is 16.4. The average Bonchev–Trinajstić information content (AvgIpc) is 2.57. The van der Waals surface area contributed by atoms with Gasteiger partial charge in [0.1, 0.15) is 0 Å². The third-order valence-corrected chi connectivity index (χ3v) is 3.26. The smallest absolute Gasteiger partial charge is 0.235 e. The van der Waals surface area contributed by atoms with Crippen molar-refractivity contribution in [2.45, 2.75) is 32.6 Å². The summed E-state index contributed by atoms with van der Waals surface area (Å²) in [5.74, 6) is -0.0989. The van der Waals surface area contributed by atoms with Crippen LogP contribution in [0.4, 0.5) is 5.13 Å². The second-order valence-electron chi connectivity index (χ2n) is 3.40. The van der Waals surface area contributed by atoms with Crippen molar-refractivity contribution in [3.63, 3.8) is 0 Å². The summed E-state index contributed by atoms with van der Waals surface area (Å²) in [5, 5.41) is 0.798. The first-order valence-electron chi connectivity index (χ1n) is 4.77. The lowest BCUT2D eigenvalue weighted by molar-refractivity contribution is -0.118. The molecule has 0 spiro atoms. The zero-order chi connectivity index (χ0) is 9.97. The SMILES string of the molecule is CC(=O)NNc1nc2c(s1)CCCC2. The van der Waals surface area contributed by atoms with Crippen LogP contribution in [0.25, 0.3) is 0 Å². The van der Waals surface area contributed by atoms with Crippen molar-refractivity contribution < 1.29 is 4.79 Å². The standard InChI is InChI=1S/C9H13N3OS/c1-6(13)11-12-9-10-7-4-2-3-5-8(7)14-9/h2-5H2,1H3,(H,10,12)(H,11,13). The normalized spacial score (nSPS) is 14.6. The Morgan fingerprint density at radius 3 is 2.93 bits per heavy atom. The van der Waals surface area contributed by atoms with Gasteiger partial charge in [0.2, 0.25) is 11.0 Å². The summed E-state index contributed by atoms with van der Waals surface area (Å²) < 4.78 is 0. The molecule has 0 unspecified atom stereocenters. The molecule has 0 atom stereocenters. The van der Waals surface area contributed by atoms with E-state index in [2.05, 4.69) is 15.8 Å². The van der Waals surface area contributed by atoms with E-state index in [4.69, 9.17) is 0 Å². The Kier molecular flexibility index (Phi) is 2.67. The van der Waals surface area contributed by atoms with E-state index in [1.165, 1.54) is 30.3 Å². The third kappa shape index (κ3) is 2.04. The number of anilines is 1. The molecule has 0 saturated carbocycles. The molecule has 76 valence electrons. The van der Waals surface area contributed by atoms with E-state index >= 15 is 0 Å². The van der Waals surface area contributed by atoms with Gasteiger partial charge in [-0.15, -0.1) is 11.3 Å². The first-order valence-corrected chi connectivity index (χ1v) is 5.58. The largest absolute Gasteiger partial charge is 0.274 e. The molecule has 1 heterocycles. The summed E-state index contributed by atoms with van der Waals surface area (Å²) in [7, 11) is 0. The number of nitrogens with one attached hydrogen (secondary N) is 2. The van der Waals surface area contributed by atoms with Crippen LogP contribution in [0.2, 0.25) is 0 Å². The summed E-state index contributed by atoms with van der Waals surface area (Å²) in [5.41, 5.74) is 6.54. The highest BCUT2D eigenvalue weighted by Gasteiger charge is 2.14. The van der Waals surface area contributed by atoms with E-state index in [1.807, 2.05) is 0 Å². The van der Waals surface area contributed by atoms with Crippen LogP contribution in [0.15, 0.2) is 0 Å². The average molecular weight is 211 g/mol. The number of aryl methyl sites for hydroxylation is 2. The molecule has 2 rings (SSSR count). The van der Waals surface area contributed by atoms with Gasteiger partial charge < -0.3 is 0 Å². The lowest BCUT2D eigenvalue weighted by Gasteiger charge is -2.06. The molecule has 0 saturated heterocycles. The molecule has 0 bridgehead atoms. The third-order valence-electron chi connectivity index (χ3n) is 2.19. The van der Waals surface area contributed by atoms with Crippen LogP contribution >= 0.6 is 11.3 Å². The van der Waals surface area contributed by atoms with Crippen molar-refractivity contribution in [2.24, 2.45) is 0 Å². The molecular formula is C9H13N3OS. The molecule has 0 fully saturated rings. The van der Waals surface area contributed by atoms with Crippen molar-refractivity contribution in [1.82, 2.24) is 10.4 Å². The second kappa shape index (κ2) is 3.96. The van der Waals surface area contributed by atoms with E-state index in [9.17, 15) is 4.79 Å². The van der Waals surface area contributed by atoms with Crippen LogP contribution in [-0.4, -0.2) is 10.9 Å². The minimum absolute atomic E-state index is 0.0989. The second-order valence-corrected chi connectivity index (χ2v) is 4.49. The highest BCUT2D eigenvalue weighted by atomic mass is 32.1. The minimum atomic E-state index is -0.0989. The maximum Gasteiger partial charge on any atom is 0.235 e. The van der Waals surface area contributed by atoms with Crippen LogP contribution in [0, 0.1) is 0 Å². The van der Waals surface area contributed by atoms with Gasteiger partial charge >= 0.3 is 0 Å². The van der Waals surface area contributed by atoms with Crippen LogP contribution in [0.1, 0.15) is 30.3 Å². The quantitative estimate of drug-likeness (QED) is 0.729. The van der Waals surface area contributed by atoms with E-state index < -0.39 is 0 Å². The summed E-state index contributed by atoms with van der Waals surface area (Å²) in [6.45, 7) is 1.47. The maximum absolute atomic E-state index is 10.7. The zero-order valence-electron chi connectivity index (χ0n) is 8.09. The van der Waals surface area contributed by atoms with Crippen molar-refractivity contribution in [2.75, 3.05) is 5.43 Å². The first-order chi connectivity index (χ1) is 6.75. The first kappa shape index (κ1) is 9.45. The van der Waals surface area contributed by atoms with Crippen molar-refractivity contribution in [3.05, 3.63) is 10.6 Å². The molecule has 0 aliphatic heterocycles. The number of carbonyl (C=O) groups is 1. The molecule has 14 heavy (non-hydrogen) atoms. The van der Waals surface area contributed by atoms with Crippen molar-refractivity contribution in [3.8, 4) is 0 Å². The maximum atomic E-state index is 10.7. The molecule has 1 aliphatic rings. The van der Waals surface area contributed by atoms with Crippen LogP contribution in [-0.2, 0) is 17.6 Å². The fraction of sp³-hybridized carbons (Fsp3) is 0.556. The molecule has 1 aliphatic carbocycles. The Morgan fingerprint density at radius 2 is 2.21 bits per heavy atom. The fourth-order valence-electron chi connectivity index (χ4n) is 1.55. The molecule has 1 amide bonds. The topological polar surface area (TPSA) is 54.0 Å². The predicted octanol–water partition coefficient (Wildman–Crippen LogP) is 1.48. The number of fused-ring (bicyclic) bond motifs is 1. The van der Waals surface area contributed by atoms with Gasteiger partial charge in [0.25, 0.3) is 0 Å². The van der Waals surface area contributed by atoms with Crippen molar-refractivity contribution >= 4 is 22.4 Å². The van der Waals surface area contributed by atoms with Gasteiger partial charge in [0.15, 0.2) is 0 Å². The Labute approximate surface area is 86.7 Å². The number of hydrogen-bond acceptors (Lipinski definition) is 4. The number of carbonyl (C=O) groups excluding carboxylic acids is 1. The molecule has 0 aromatic carbocycles. The highest BCUT2D eigenvalue weighted by molar-refractivity contribution is 7.15.